The van der Waals surface area contributed by atoms with Gasteiger partial charge in [0, 0.05) is 11.1 Å². The Labute approximate surface area is 274 Å². The average molecular weight is 633 g/mol. The maximum atomic E-state index is 15.5. The van der Waals surface area contributed by atoms with Crippen molar-refractivity contribution in [2.45, 2.75) is 122 Å². The minimum absolute atomic E-state index is 0.0492. The summed E-state index contributed by atoms with van der Waals surface area (Å²) in [5.41, 5.74) is 2.28. The van der Waals surface area contributed by atoms with E-state index in [1.165, 1.54) is 51.4 Å². The first kappa shape index (κ1) is 34.5. The van der Waals surface area contributed by atoms with E-state index >= 15 is 13.2 Å². The lowest BCUT2D eigenvalue weighted by Gasteiger charge is -2.37. The second kappa shape index (κ2) is 16.8. The fourth-order valence-electron chi connectivity index (χ4n) is 8.19. The van der Waals surface area contributed by atoms with Crippen LogP contribution in [0.4, 0.5) is 17.6 Å². The molecule has 0 radical (unpaired) electrons. The number of aryl methyl sites for hydroxylation is 1. The highest BCUT2D eigenvalue weighted by Crippen LogP contribution is 2.45. The number of allylic oxidation sites excluding steroid dienone is 2. The van der Waals surface area contributed by atoms with Gasteiger partial charge in [0.1, 0.15) is 0 Å². The largest absolute Gasteiger partial charge is 0.203 e. The third kappa shape index (κ3) is 8.33. The van der Waals surface area contributed by atoms with E-state index in [1.807, 2.05) is 0 Å². The number of unbranched alkanes of at least 4 members (excludes halogenated alkanes) is 6. The highest BCUT2D eigenvalue weighted by Gasteiger charge is 2.32. The molecule has 0 amide bonds. The Morgan fingerprint density at radius 3 is 1.67 bits per heavy atom. The van der Waals surface area contributed by atoms with Crippen LogP contribution in [-0.4, -0.2) is 0 Å². The van der Waals surface area contributed by atoms with Gasteiger partial charge in [-0.05, 0) is 117 Å². The van der Waals surface area contributed by atoms with Gasteiger partial charge >= 0.3 is 0 Å². The molecule has 0 atom stereocenters. The predicted octanol–water partition coefficient (Wildman–Crippen LogP) is 13.5. The summed E-state index contributed by atoms with van der Waals surface area (Å²) in [6, 6.07) is 13.4. The zero-order valence-electron chi connectivity index (χ0n) is 27.9. The van der Waals surface area contributed by atoms with Gasteiger partial charge in [-0.15, -0.1) is 0 Å². The molecule has 2 fully saturated rings. The van der Waals surface area contributed by atoms with E-state index in [1.54, 1.807) is 48.5 Å². The van der Waals surface area contributed by atoms with E-state index in [0.717, 1.165) is 56.8 Å². The summed E-state index contributed by atoms with van der Waals surface area (Å²) in [4.78, 5) is 0. The molecular weight excluding hydrogens is 580 g/mol. The number of hydrogen-bond acceptors (Lipinski definition) is 0. The van der Waals surface area contributed by atoms with Crippen molar-refractivity contribution < 1.29 is 17.6 Å². The lowest BCUT2D eigenvalue weighted by Crippen LogP contribution is -2.25. The Kier molecular flexibility index (Phi) is 12.6. The molecule has 248 valence electrons. The molecule has 3 aromatic carbocycles. The summed E-state index contributed by atoms with van der Waals surface area (Å²) < 4.78 is 61.0. The Hall–Kier alpha value is -2.88. The monoisotopic (exact) mass is 632 g/mol. The molecule has 46 heavy (non-hydrogen) atoms. The van der Waals surface area contributed by atoms with Crippen LogP contribution in [0.15, 0.2) is 60.7 Å². The van der Waals surface area contributed by atoms with Crippen molar-refractivity contribution in [3.05, 3.63) is 95.1 Å². The van der Waals surface area contributed by atoms with Gasteiger partial charge in [0.25, 0.3) is 0 Å². The maximum Gasteiger partial charge on any atom is 0.166 e. The van der Waals surface area contributed by atoms with Crippen LogP contribution in [0.2, 0.25) is 0 Å². The highest BCUT2D eigenvalue weighted by atomic mass is 19.2. The van der Waals surface area contributed by atoms with Crippen molar-refractivity contribution in [2.24, 2.45) is 17.8 Å². The van der Waals surface area contributed by atoms with Crippen molar-refractivity contribution in [3.8, 4) is 22.3 Å². The van der Waals surface area contributed by atoms with Crippen LogP contribution < -0.4 is 0 Å². The highest BCUT2D eigenvalue weighted by molar-refractivity contribution is 5.71. The average Bonchev–Trinajstić information content (AvgIpc) is 3.08. The SMILES string of the molecule is CC=CC1CCC(C2CCC(c3ccc(-c4ccc(-c5ccc(CCCCCCCCC)c(F)c5F)cc4)c(F)c3F)CC2)CC1. The second-order valence-corrected chi connectivity index (χ2v) is 14.0. The van der Waals surface area contributed by atoms with Crippen LogP contribution in [0.5, 0.6) is 0 Å². The van der Waals surface area contributed by atoms with Crippen LogP contribution >= 0.6 is 0 Å². The van der Waals surface area contributed by atoms with Crippen LogP contribution in [-0.2, 0) is 6.42 Å². The summed E-state index contributed by atoms with van der Waals surface area (Å²) in [6.07, 6.45) is 22.0. The summed E-state index contributed by atoms with van der Waals surface area (Å²) in [7, 11) is 0. The standard InChI is InChI=1S/C42H52F4/c1-3-5-6-7-8-9-10-12-35-25-26-36(40(44)39(35)43)33-21-23-34(24-22-33)38-28-27-37(41(45)42(38)46)32-19-17-31(18-20-32)30-15-13-29(11-4-2)14-16-30/h4,11,21-32H,3,5-10,12-20H2,1-2H3. The van der Waals surface area contributed by atoms with Crippen molar-refractivity contribution >= 4 is 0 Å². The molecule has 3 aromatic rings. The lowest BCUT2D eigenvalue weighted by atomic mass is 9.68. The first-order valence-electron chi connectivity index (χ1n) is 18.1. The smallest absolute Gasteiger partial charge is 0.166 e. The molecule has 0 bridgehead atoms. The molecule has 0 aromatic heterocycles. The van der Waals surface area contributed by atoms with E-state index in [-0.39, 0.29) is 17.0 Å². The van der Waals surface area contributed by atoms with Crippen molar-refractivity contribution in [1.29, 1.82) is 0 Å². The Morgan fingerprint density at radius 1 is 0.565 bits per heavy atom. The van der Waals surface area contributed by atoms with Crippen LogP contribution in [0.3, 0.4) is 0 Å². The van der Waals surface area contributed by atoms with Crippen molar-refractivity contribution in [1.82, 2.24) is 0 Å². The van der Waals surface area contributed by atoms with E-state index < -0.39 is 23.3 Å². The van der Waals surface area contributed by atoms with Gasteiger partial charge < -0.3 is 0 Å². The Bertz CT molecular complexity index is 1420. The fraction of sp³-hybridized carbons (Fsp3) is 0.524. The Balaban J connectivity index is 1.18. The van der Waals surface area contributed by atoms with Gasteiger partial charge in [0.05, 0.1) is 0 Å². The van der Waals surface area contributed by atoms with E-state index in [9.17, 15) is 4.39 Å². The third-order valence-electron chi connectivity index (χ3n) is 11.0. The molecule has 5 rings (SSSR count). The molecule has 0 saturated heterocycles. The summed E-state index contributed by atoms with van der Waals surface area (Å²) >= 11 is 0. The molecule has 0 heterocycles. The minimum atomic E-state index is -0.856. The number of rotatable bonds is 13. The van der Waals surface area contributed by atoms with Gasteiger partial charge in [-0.2, -0.15) is 0 Å². The van der Waals surface area contributed by atoms with Gasteiger partial charge in [-0.3, -0.25) is 0 Å². The number of benzene rings is 3. The summed E-state index contributed by atoms with van der Waals surface area (Å²) in [6.45, 7) is 4.29. The third-order valence-corrected chi connectivity index (χ3v) is 11.0. The first-order valence-corrected chi connectivity index (χ1v) is 18.1. The topological polar surface area (TPSA) is 0 Å². The quantitative estimate of drug-likeness (QED) is 0.0999. The summed E-state index contributed by atoms with van der Waals surface area (Å²) in [5, 5.41) is 0. The first-order chi connectivity index (χ1) is 22.4. The predicted molar refractivity (Wildman–Crippen MR) is 184 cm³/mol. The van der Waals surface area contributed by atoms with Gasteiger partial charge in [-0.25, -0.2) is 17.6 Å². The molecule has 0 aliphatic heterocycles. The fourth-order valence-corrected chi connectivity index (χ4v) is 8.19. The number of hydrogen-bond donors (Lipinski definition) is 0. The van der Waals surface area contributed by atoms with Crippen molar-refractivity contribution in [2.75, 3.05) is 0 Å². The molecule has 4 heteroatoms. The second-order valence-electron chi connectivity index (χ2n) is 14.0. The molecule has 2 saturated carbocycles. The maximum absolute atomic E-state index is 15.5. The zero-order chi connectivity index (χ0) is 32.5. The molecule has 0 N–H and O–H groups in total. The molecule has 2 aliphatic rings. The van der Waals surface area contributed by atoms with Crippen LogP contribution in [0, 0.1) is 41.0 Å². The summed E-state index contributed by atoms with van der Waals surface area (Å²) in [5.74, 6) is -0.978. The normalized spacial score (nSPS) is 22.0. The van der Waals surface area contributed by atoms with Crippen molar-refractivity contribution in [3.63, 3.8) is 0 Å². The van der Waals surface area contributed by atoms with Gasteiger partial charge in [0.2, 0.25) is 0 Å². The van der Waals surface area contributed by atoms with E-state index in [0.29, 0.717) is 34.6 Å². The van der Waals surface area contributed by atoms with Gasteiger partial charge in [0.15, 0.2) is 23.3 Å². The van der Waals surface area contributed by atoms with Crippen LogP contribution in [0.25, 0.3) is 22.3 Å². The minimum Gasteiger partial charge on any atom is -0.203 e. The van der Waals surface area contributed by atoms with E-state index in [2.05, 4.69) is 26.0 Å². The molecule has 0 unspecified atom stereocenters. The Morgan fingerprint density at radius 2 is 1.09 bits per heavy atom. The zero-order valence-corrected chi connectivity index (χ0v) is 27.9. The van der Waals surface area contributed by atoms with E-state index in [4.69, 9.17) is 0 Å². The molecular formula is C42H52F4. The molecule has 0 spiro atoms. The molecule has 2 aliphatic carbocycles. The lowest BCUT2D eigenvalue weighted by molar-refractivity contribution is 0.170. The molecule has 0 nitrogen and oxygen atoms in total. The van der Waals surface area contributed by atoms with Gasteiger partial charge in [-0.1, -0.05) is 106 Å². The van der Waals surface area contributed by atoms with Crippen LogP contribution in [0.1, 0.15) is 127 Å². The number of halogens is 4.